The second-order valence-electron chi connectivity index (χ2n) is 4.59. The van der Waals surface area contributed by atoms with E-state index in [4.69, 9.17) is 21.1 Å². The Morgan fingerprint density at radius 3 is 2.50 bits per heavy atom. The van der Waals surface area contributed by atoms with E-state index in [1.54, 1.807) is 25.3 Å². The first kappa shape index (κ1) is 14.8. The first-order chi connectivity index (χ1) is 8.49. The van der Waals surface area contributed by atoms with Crippen LogP contribution in [0.15, 0.2) is 18.2 Å². The molecule has 1 atom stereocenters. The van der Waals surface area contributed by atoms with Crippen LogP contribution in [0.5, 0.6) is 5.75 Å². The van der Waals surface area contributed by atoms with E-state index in [1.807, 2.05) is 0 Å². The van der Waals surface area contributed by atoms with Crippen molar-refractivity contribution in [1.29, 1.82) is 0 Å². The van der Waals surface area contributed by atoms with Gasteiger partial charge in [0.15, 0.2) is 0 Å². The Kier molecular flexibility index (Phi) is 5.48. The molecule has 0 fully saturated rings. The maximum Gasteiger partial charge on any atom is 0.313 e. The third kappa shape index (κ3) is 3.64. The average Bonchev–Trinajstić information content (AvgIpc) is 2.34. The fourth-order valence-corrected chi connectivity index (χ4v) is 2.12. The van der Waals surface area contributed by atoms with Crippen LogP contribution in [0.1, 0.15) is 31.7 Å². The van der Waals surface area contributed by atoms with E-state index in [9.17, 15) is 4.79 Å². The zero-order valence-corrected chi connectivity index (χ0v) is 12.0. The van der Waals surface area contributed by atoms with Crippen molar-refractivity contribution in [1.82, 2.24) is 0 Å². The summed E-state index contributed by atoms with van der Waals surface area (Å²) in [7, 11) is 2.98. The van der Waals surface area contributed by atoms with Gasteiger partial charge in [0.2, 0.25) is 0 Å². The van der Waals surface area contributed by atoms with Gasteiger partial charge in [0, 0.05) is 10.6 Å². The number of halogens is 1. The molecule has 0 saturated carbocycles. The fraction of sp³-hybridized carbons (Fsp3) is 0.500. The molecule has 0 radical (unpaired) electrons. The maximum absolute atomic E-state index is 11.9. The van der Waals surface area contributed by atoms with Crippen LogP contribution in [0.3, 0.4) is 0 Å². The van der Waals surface area contributed by atoms with E-state index in [-0.39, 0.29) is 11.9 Å². The summed E-state index contributed by atoms with van der Waals surface area (Å²) in [6.07, 6.45) is 0.698. The Morgan fingerprint density at radius 2 is 2.00 bits per heavy atom. The molecule has 0 aromatic heterocycles. The second kappa shape index (κ2) is 6.64. The Hall–Kier alpha value is -1.22. The molecule has 0 heterocycles. The number of esters is 1. The molecule has 0 aliphatic carbocycles. The second-order valence-corrected chi connectivity index (χ2v) is 5.03. The van der Waals surface area contributed by atoms with Gasteiger partial charge in [0.05, 0.1) is 20.1 Å². The quantitative estimate of drug-likeness (QED) is 0.766. The number of hydrogen-bond donors (Lipinski definition) is 0. The van der Waals surface area contributed by atoms with Crippen molar-refractivity contribution in [2.45, 2.75) is 26.2 Å². The van der Waals surface area contributed by atoms with Gasteiger partial charge < -0.3 is 9.47 Å². The Bertz CT molecular complexity index is 416. The van der Waals surface area contributed by atoms with Crippen LogP contribution in [-0.4, -0.2) is 20.2 Å². The highest BCUT2D eigenvalue weighted by molar-refractivity contribution is 6.30. The highest BCUT2D eigenvalue weighted by atomic mass is 35.5. The predicted molar refractivity (Wildman–Crippen MR) is 72.2 cm³/mol. The van der Waals surface area contributed by atoms with Crippen molar-refractivity contribution >= 4 is 17.6 Å². The van der Waals surface area contributed by atoms with E-state index in [1.165, 1.54) is 7.11 Å². The minimum atomic E-state index is -0.344. The molecule has 3 nitrogen and oxygen atoms in total. The highest BCUT2D eigenvalue weighted by Crippen LogP contribution is 2.34. The lowest BCUT2D eigenvalue weighted by molar-refractivity contribution is -0.142. The fourth-order valence-electron chi connectivity index (χ4n) is 1.94. The van der Waals surface area contributed by atoms with Gasteiger partial charge in [-0.1, -0.05) is 25.4 Å². The van der Waals surface area contributed by atoms with E-state index in [0.717, 1.165) is 5.56 Å². The van der Waals surface area contributed by atoms with Crippen molar-refractivity contribution in [2.75, 3.05) is 14.2 Å². The third-order valence-electron chi connectivity index (χ3n) is 2.76. The molecule has 1 aromatic carbocycles. The molecular weight excluding hydrogens is 252 g/mol. The smallest absolute Gasteiger partial charge is 0.313 e. The topological polar surface area (TPSA) is 35.5 Å². The minimum absolute atomic E-state index is 0.260. The van der Waals surface area contributed by atoms with Crippen molar-refractivity contribution < 1.29 is 14.3 Å². The van der Waals surface area contributed by atoms with Gasteiger partial charge in [-0.15, -0.1) is 0 Å². The van der Waals surface area contributed by atoms with Gasteiger partial charge in [-0.25, -0.2) is 0 Å². The predicted octanol–water partition coefficient (Wildman–Crippen LogP) is 3.65. The number of hydrogen-bond acceptors (Lipinski definition) is 3. The number of methoxy groups -OCH3 is 2. The van der Waals surface area contributed by atoms with Crippen LogP contribution < -0.4 is 4.74 Å². The molecular formula is C14H19ClO3. The molecule has 1 aromatic rings. The van der Waals surface area contributed by atoms with Crippen molar-refractivity contribution in [2.24, 2.45) is 5.92 Å². The Labute approximate surface area is 113 Å². The largest absolute Gasteiger partial charge is 0.496 e. The van der Waals surface area contributed by atoms with Crippen LogP contribution in [0.2, 0.25) is 5.02 Å². The molecule has 1 unspecified atom stereocenters. The molecule has 4 heteroatoms. The highest BCUT2D eigenvalue weighted by Gasteiger charge is 2.25. The number of benzene rings is 1. The van der Waals surface area contributed by atoms with Gasteiger partial charge in [0.25, 0.3) is 0 Å². The molecule has 100 valence electrons. The SMILES string of the molecule is COC(=O)C(CC(C)C)c1cc(Cl)ccc1OC. The Balaban J connectivity index is 3.18. The molecule has 0 bridgehead atoms. The van der Waals surface area contributed by atoms with Gasteiger partial charge in [-0.05, 0) is 30.5 Å². The van der Waals surface area contributed by atoms with Gasteiger partial charge in [-0.3, -0.25) is 4.79 Å². The van der Waals surface area contributed by atoms with Crippen LogP contribution in [0.25, 0.3) is 0 Å². The maximum atomic E-state index is 11.9. The van der Waals surface area contributed by atoms with Crippen molar-refractivity contribution in [3.63, 3.8) is 0 Å². The summed E-state index contributed by atoms with van der Waals surface area (Å²) < 4.78 is 10.2. The summed E-state index contributed by atoms with van der Waals surface area (Å²) in [6.45, 7) is 4.12. The monoisotopic (exact) mass is 270 g/mol. The Morgan fingerprint density at radius 1 is 1.33 bits per heavy atom. The summed E-state index contributed by atoms with van der Waals surface area (Å²) in [5.41, 5.74) is 0.783. The van der Waals surface area contributed by atoms with Crippen LogP contribution in [0.4, 0.5) is 0 Å². The lowest BCUT2D eigenvalue weighted by atomic mass is 9.89. The third-order valence-corrected chi connectivity index (χ3v) is 3.00. The molecule has 0 saturated heterocycles. The zero-order valence-electron chi connectivity index (χ0n) is 11.2. The normalized spacial score (nSPS) is 12.3. The van der Waals surface area contributed by atoms with E-state index >= 15 is 0 Å². The van der Waals surface area contributed by atoms with Crippen molar-refractivity contribution in [3.8, 4) is 5.75 Å². The summed E-state index contributed by atoms with van der Waals surface area (Å²) in [5, 5.41) is 0.587. The molecule has 0 aliphatic heterocycles. The molecule has 0 N–H and O–H groups in total. The first-order valence-corrected chi connectivity index (χ1v) is 6.28. The van der Waals surface area contributed by atoms with Crippen LogP contribution in [-0.2, 0) is 9.53 Å². The van der Waals surface area contributed by atoms with Crippen molar-refractivity contribution in [3.05, 3.63) is 28.8 Å². The van der Waals surface area contributed by atoms with E-state index in [0.29, 0.717) is 23.1 Å². The van der Waals surface area contributed by atoms with Gasteiger partial charge >= 0.3 is 5.97 Å². The summed E-state index contributed by atoms with van der Waals surface area (Å²) >= 11 is 5.99. The number of ether oxygens (including phenoxy) is 2. The van der Waals surface area contributed by atoms with Crippen LogP contribution >= 0.6 is 11.6 Å². The summed E-state index contributed by atoms with van der Waals surface area (Å²) in [4.78, 5) is 11.9. The molecule has 18 heavy (non-hydrogen) atoms. The van der Waals surface area contributed by atoms with E-state index < -0.39 is 0 Å². The molecule has 0 amide bonds. The molecule has 1 rings (SSSR count). The number of carbonyl (C=O) groups is 1. The standard InChI is InChI=1S/C14H19ClO3/c1-9(2)7-12(14(16)18-4)11-8-10(15)5-6-13(11)17-3/h5-6,8-9,12H,7H2,1-4H3. The average molecular weight is 271 g/mol. The van der Waals surface area contributed by atoms with Crippen LogP contribution in [0, 0.1) is 5.92 Å². The minimum Gasteiger partial charge on any atom is -0.496 e. The van der Waals surface area contributed by atoms with Gasteiger partial charge in [0.1, 0.15) is 5.75 Å². The van der Waals surface area contributed by atoms with Gasteiger partial charge in [-0.2, -0.15) is 0 Å². The summed E-state index contributed by atoms with van der Waals surface area (Å²) in [5.74, 6) is 0.432. The zero-order chi connectivity index (χ0) is 13.7. The molecule has 0 aliphatic rings. The lowest BCUT2D eigenvalue weighted by Crippen LogP contribution is -2.17. The lowest BCUT2D eigenvalue weighted by Gasteiger charge is -2.19. The number of carbonyl (C=O) groups excluding carboxylic acids is 1. The van der Waals surface area contributed by atoms with E-state index in [2.05, 4.69) is 13.8 Å². The number of rotatable bonds is 5. The molecule has 0 spiro atoms. The first-order valence-electron chi connectivity index (χ1n) is 5.90. The summed E-state index contributed by atoms with van der Waals surface area (Å²) in [6, 6.07) is 5.28.